The maximum absolute atomic E-state index is 12.6. The van der Waals surface area contributed by atoms with Gasteiger partial charge < -0.3 is 4.74 Å². The van der Waals surface area contributed by atoms with Crippen LogP contribution in [0.3, 0.4) is 0 Å². The first-order chi connectivity index (χ1) is 9.93. The largest absolute Gasteiger partial charge is 0.492 e. The van der Waals surface area contributed by atoms with Crippen molar-refractivity contribution in [1.82, 2.24) is 0 Å². The molecule has 0 saturated carbocycles. The molecular weight excluding hydrogens is 307 g/mol. The zero-order valence-electron chi connectivity index (χ0n) is 12.2. The van der Waals surface area contributed by atoms with E-state index in [-0.39, 0.29) is 5.78 Å². The third kappa shape index (κ3) is 3.39. The van der Waals surface area contributed by atoms with Gasteiger partial charge in [0.05, 0.1) is 16.7 Å². The SMILES string of the molecule is CCOc1cc(Cl)c(C(=O)c2ccc(C)cc2C)cc1Cl. The first kappa shape index (κ1) is 15.9. The fraction of sp³-hybridized carbons (Fsp3) is 0.235. The molecular formula is C17H16Cl2O2. The molecule has 0 unspecified atom stereocenters. The molecule has 110 valence electrons. The summed E-state index contributed by atoms with van der Waals surface area (Å²) in [4.78, 5) is 12.6. The lowest BCUT2D eigenvalue weighted by Crippen LogP contribution is -2.05. The summed E-state index contributed by atoms with van der Waals surface area (Å²) in [5, 5.41) is 0.724. The Morgan fingerprint density at radius 1 is 1.05 bits per heavy atom. The molecule has 0 aliphatic carbocycles. The molecule has 0 fully saturated rings. The minimum absolute atomic E-state index is 0.137. The van der Waals surface area contributed by atoms with Crippen LogP contribution in [0.5, 0.6) is 5.75 Å². The number of hydrogen-bond acceptors (Lipinski definition) is 2. The summed E-state index contributed by atoms with van der Waals surface area (Å²) >= 11 is 12.3. The minimum Gasteiger partial charge on any atom is -0.492 e. The molecule has 0 heterocycles. The minimum atomic E-state index is -0.137. The zero-order valence-corrected chi connectivity index (χ0v) is 13.7. The molecule has 0 aromatic heterocycles. The number of rotatable bonds is 4. The van der Waals surface area contributed by atoms with Gasteiger partial charge in [-0.25, -0.2) is 0 Å². The summed E-state index contributed by atoms with van der Waals surface area (Å²) < 4.78 is 5.37. The van der Waals surface area contributed by atoms with Gasteiger partial charge in [0.25, 0.3) is 0 Å². The van der Waals surface area contributed by atoms with E-state index in [0.717, 1.165) is 11.1 Å². The van der Waals surface area contributed by atoms with E-state index in [1.165, 1.54) is 0 Å². The number of aryl methyl sites for hydroxylation is 2. The lowest BCUT2D eigenvalue weighted by molar-refractivity contribution is 0.103. The smallest absolute Gasteiger partial charge is 0.194 e. The Kier molecular flexibility index (Phi) is 4.92. The molecule has 0 spiro atoms. The molecule has 0 aliphatic heterocycles. The van der Waals surface area contributed by atoms with Crippen LogP contribution in [0.4, 0.5) is 0 Å². The predicted octanol–water partition coefficient (Wildman–Crippen LogP) is 5.24. The average molecular weight is 323 g/mol. The van der Waals surface area contributed by atoms with Crippen LogP contribution >= 0.6 is 23.2 Å². The highest BCUT2D eigenvalue weighted by atomic mass is 35.5. The van der Waals surface area contributed by atoms with Gasteiger partial charge in [-0.05, 0) is 32.4 Å². The van der Waals surface area contributed by atoms with Crippen LogP contribution < -0.4 is 4.74 Å². The molecule has 4 heteroatoms. The van der Waals surface area contributed by atoms with Crippen LogP contribution in [0.1, 0.15) is 34.0 Å². The summed E-state index contributed by atoms with van der Waals surface area (Å²) in [6, 6.07) is 8.84. The third-order valence-corrected chi connectivity index (χ3v) is 3.80. The second-order valence-corrected chi connectivity index (χ2v) is 5.66. The van der Waals surface area contributed by atoms with Gasteiger partial charge in [-0.3, -0.25) is 4.79 Å². The Labute approximate surface area is 134 Å². The quantitative estimate of drug-likeness (QED) is 0.719. The van der Waals surface area contributed by atoms with Gasteiger partial charge in [0, 0.05) is 17.2 Å². The number of ether oxygens (including phenoxy) is 1. The zero-order chi connectivity index (χ0) is 15.6. The molecule has 21 heavy (non-hydrogen) atoms. The first-order valence-electron chi connectivity index (χ1n) is 6.67. The Bertz CT molecular complexity index is 693. The molecule has 0 atom stereocenters. The van der Waals surface area contributed by atoms with E-state index in [2.05, 4.69) is 0 Å². The average Bonchev–Trinajstić information content (AvgIpc) is 2.42. The summed E-state index contributed by atoms with van der Waals surface area (Å²) in [5.41, 5.74) is 3.04. The van der Waals surface area contributed by atoms with Crippen molar-refractivity contribution in [1.29, 1.82) is 0 Å². The number of carbonyl (C=O) groups is 1. The van der Waals surface area contributed by atoms with Crippen molar-refractivity contribution in [3.63, 3.8) is 0 Å². The molecule has 2 aromatic rings. The van der Waals surface area contributed by atoms with Crippen LogP contribution in [-0.2, 0) is 0 Å². The number of halogens is 2. The van der Waals surface area contributed by atoms with Gasteiger partial charge in [-0.1, -0.05) is 47.0 Å². The molecule has 0 amide bonds. The summed E-state index contributed by atoms with van der Waals surface area (Å²) in [7, 11) is 0. The fourth-order valence-corrected chi connectivity index (χ4v) is 2.64. The summed E-state index contributed by atoms with van der Waals surface area (Å²) in [6.07, 6.45) is 0. The van der Waals surface area contributed by atoms with Crippen molar-refractivity contribution in [2.24, 2.45) is 0 Å². The maximum Gasteiger partial charge on any atom is 0.194 e. The highest BCUT2D eigenvalue weighted by Crippen LogP contribution is 2.32. The van der Waals surface area contributed by atoms with E-state index < -0.39 is 0 Å². The number of carbonyl (C=O) groups excluding carboxylic acids is 1. The van der Waals surface area contributed by atoms with E-state index in [1.54, 1.807) is 12.1 Å². The van der Waals surface area contributed by atoms with Crippen molar-refractivity contribution in [3.05, 3.63) is 62.6 Å². The topological polar surface area (TPSA) is 26.3 Å². The predicted molar refractivity (Wildman–Crippen MR) is 87.0 cm³/mol. The monoisotopic (exact) mass is 322 g/mol. The lowest BCUT2D eigenvalue weighted by atomic mass is 9.97. The van der Waals surface area contributed by atoms with Crippen molar-refractivity contribution >= 4 is 29.0 Å². The maximum atomic E-state index is 12.6. The van der Waals surface area contributed by atoms with E-state index >= 15 is 0 Å². The van der Waals surface area contributed by atoms with Gasteiger partial charge >= 0.3 is 0 Å². The van der Waals surface area contributed by atoms with Crippen molar-refractivity contribution in [3.8, 4) is 5.75 Å². The van der Waals surface area contributed by atoms with E-state index in [1.807, 2.05) is 39.0 Å². The van der Waals surface area contributed by atoms with Gasteiger partial charge in [0.2, 0.25) is 0 Å². The molecule has 0 aliphatic rings. The Hall–Kier alpha value is -1.51. The fourth-order valence-electron chi connectivity index (χ4n) is 2.18. The molecule has 2 rings (SSSR count). The molecule has 2 aromatic carbocycles. The summed E-state index contributed by atoms with van der Waals surface area (Å²) in [6.45, 7) is 6.24. The second-order valence-electron chi connectivity index (χ2n) is 4.84. The number of hydrogen-bond donors (Lipinski definition) is 0. The van der Waals surface area contributed by atoms with Crippen LogP contribution in [0, 0.1) is 13.8 Å². The third-order valence-electron chi connectivity index (χ3n) is 3.19. The van der Waals surface area contributed by atoms with Crippen molar-refractivity contribution < 1.29 is 9.53 Å². The summed E-state index contributed by atoms with van der Waals surface area (Å²) in [5.74, 6) is 0.351. The normalized spacial score (nSPS) is 10.5. The Balaban J connectivity index is 2.46. The van der Waals surface area contributed by atoms with Crippen molar-refractivity contribution in [2.45, 2.75) is 20.8 Å². The first-order valence-corrected chi connectivity index (χ1v) is 7.43. The standard InChI is InChI=1S/C17H16Cl2O2/c1-4-21-16-9-14(18)13(8-15(16)19)17(20)12-6-5-10(2)7-11(12)3/h5-9H,4H2,1-3H3. The van der Waals surface area contributed by atoms with Crippen LogP contribution in [0.15, 0.2) is 30.3 Å². The molecule has 0 N–H and O–H groups in total. The van der Waals surface area contributed by atoms with Gasteiger partial charge in [0.1, 0.15) is 5.75 Å². The molecule has 0 saturated heterocycles. The number of ketones is 1. The van der Waals surface area contributed by atoms with Gasteiger partial charge in [-0.15, -0.1) is 0 Å². The molecule has 0 bridgehead atoms. The second kappa shape index (κ2) is 6.50. The number of benzene rings is 2. The molecule has 0 radical (unpaired) electrons. The Morgan fingerprint density at radius 3 is 2.38 bits per heavy atom. The van der Waals surface area contributed by atoms with Crippen molar-refractivity contribution in [2.75, 3.05) is 6.61 Å². The van der Waals surface area contributed by atoms with E-state index in [9.17, 15) is 4.79 Å². The van der Waals surface area contributed by atoms with Gasteiger partial charge in [-0.2, -0.15) is 0 Å². The highest BCUT2D eigenvalue weighted by molar-refractivity contribution is 6.37. The molecule has 2 nitrogen and oxygen atoms in total. The van der Waals surface area contributed by atoms with Crippen LogP contribution in [-0.4, -0.2) is 12.4 Å². The van der Waals surface area contributed by atoms with Crippen LogP contribution in [0.2, 0.25) is 10.0 Å². The van der Waals surface area contributed by atoms with E-state index in [4.69, 9.17) is 27.9 Å². The lowest BCUT2D eigenvalue weighted by Gasteiger charge is -2.11. The highest BCUT2D eigenvalue weighted by Gasteiger charge is 2.17. The van der Waals surface area contributed by atoms with Gasteiger partial charge in [0.15, 0.2) is 5.78 Å². The Morgan fingerprint density at radius 2 is 1.76 bits per heavy atom. The van der Waals surface area contributed by atoms with E-state index in [0.29, 0.717) is 33.5 Å². The van der Waals surface area contributed by atoms with Crippen LogP contribution in [0.25, 0.3) is 0 Å².